The number of aromatic nitrogens is 6. The molecule has 7 rings (SSSR count). The summed E-state index contributed by atoms with van der Waals surface area (Å²) in [5.41, 5.74) is 7.94. The summed E-state index contributed by atoms with van der Waals surface area (Å²) in [6.45, 7) is 4.06. The van der Waals surface area contributed by atoms with Crippen LogP contribution in [-0.4, -0.2) is 36.6 Å². The zero-order chi connectivity index (χ0) is 25.8. The molecule has 0 atom stereocenters. The van der Waals surface area contributed by atoms with E-state index in [1.54, 1.807) is 7.11 Å². The number of ether oxygens (including phenoxy) is 1. The van der Waals surface area contributed by atoms with E-state index >= 15 is 0 Å². The highest BCUT2D eigenvalue weighted by molar-refractivity contribution is 6.10. The molecule has 0 N–H and O–H groups in total. The van der Waals surface area contributed by atoms with Crippen molar-refractivity contribution < 1.29 is 4.74 Å². The molecule has 0 aliphatic rings. The van der Waals surface area contributed by atoms with Crippen LogP contribution in [0.1, 0.15) is 11.4 Å². The van der Waals surface area contributed by atoms with Crippen LogP contribution in [0, 0.1) is 13.8 Å². The normalized spacial score (nSPS) is 11.6. The Kier molecular flexibility index (Phi) is 4.97. The van der Waals surface area contributed by atoms with Crippen molar-refractivity contribution >= 4 is 33.0 Å². The van der Waals surface area contributed by atoms with E-state index in [4.69, 9.17) is 24.9 Å². The van der Waals surface area contributed by atoms with E-state index < -0.39 is 0 Å². The van der Waals surface area contributed by atoms with Crippen LogP contribution in [-0.2, 0) is 0 Å². The molecule has 0 saturated heterocycles. The van der Waals surface area contributed by atoms with Gasteiger partial charge in [-0.25, -0.2) is 19.3 Å². The van der Waals surface area contributed by atoms with Gasteiger partial charge in [-0.3, -0.25) is 0 Å². The zero-order valence-electron chi connectivity index (χ0n) is 21.3. The molecule has 0 radical (unpaired) electrons. The summed E-state index contributed by atoms with van der Waals surface area (Å²) in [5.74, 6) is 0.806. The first-order valence-corrected chi connectivity index (χ1v) is 12.5. The molecule has 0 saturated carbocycles. The van der Waals surface area contributed by atoms with E-state index in [-0.39, 0.29) is 0 Å². The number of pyridine rings is 2. The number of nitrogens with zero attached hydrogens (tertiary/aromatic N) is 6. The van der Waals surface area contributed by atoms with Crippen molar-refractivity contribution in [2.24, 2.45) is 0 Å². The Balaban J connectivity index is 1.61. The Bertz CT molecular complexity index is 1870. The van der Waals surface area contributed by atoms with Gasteiger partial charge in [0.25, 0.3) is 0 Å². The van der Waals surface area contributed by atoms with Crippen molar-refractivity contribution in [3.63, 3.8) is 0 Å². The van der Waals surface area contributed by atoms with Crippen molar-refractivity contribution in [2.75, 3.05) is 7.11 Å². The molecule has 0 bridgehead atoms. The minimum absolute atomic E-state index is 0.768. The zero-order valence-corrected chi connectivity index (χ0v) is 21.3. The van der Waals surface area contributed by atoms with Gasteiger partial charge in [0.05, 0.1) is 51.9 Å². The van der Waals surface area contributed by atoms with Gasteiger partial charge in [-0.1, -0.05) is 42.5 Å². The predicted octanol–water partition coefficient (Wildman–Crippen LogP) is 6.60. The fourth-order valence-corrected chi connectivity index (χ4v) is 5.17. The van der Waals surface area contributed by atoms with Crippen molar-refractivity contribution in [3.05, 3.63) is 102 Å². The van der Waals surface area contributed by atoms with Gasteiger partial charge in [0, 0.05) is 10.9 Å². The molecule has 38 heavy (non-hydrogen) atoms. The molecule has 0 aliphatic heterocycles. The van der Waals surface area contributed by atoms with Crippen molar-refractivity contribution in [3.8, 4) is 28.4 Å². The topological polar surface area (TPSA) is 70.7 Å². The van der Waals surface area contributed by atoms with E-state index in [0.29, 0.717) is 0 Å². The van der Waals surface area contributed by atoms with Gasteiger partial charge in [0.2, 0.25) is 0 Å². The standard InChI is InChI=1S/C31H24N6O/c1-19-27-29(26-16-14-21-18-24(38-3)15-17-25(21)32-26)28-20(2)35-37(23-12-8-5-9-13-23)31(28)33-30(27)36(34-19)22-10-6-4-7-11-22/h4-18H,1-3H3. The summed E-state index contributed by atoms with van der Waals surface area (Å²) >= 11 is 0. The first-order chi connectivity index (χ1) is 18.6. The van der Waals surface area contributed by atoms with E-state index in [1.165, 1.54) is 0 Å². The second kappa shape index (κ2) is 8.52. The number of para-hydroxylation sites is 2. The lowest BCUT2D eigenvalue weighted by Gasteiger charge is -2.10. The SMILES string of the molecule is COc1ccc2nc(-c3c4c(C)nn(-c5ccccc5)c4nc4c3c(C)nn4-c3ccccc3)ccc2c1. The fraction of sp³-hybridized carbons (Fsp3) is 0.0968. The maximum Gasteiger partial charge on any atom is 0.166 e. The summed E-state index contributed by atoms with van der Waals surface area (Å²) < 4.78 is 9.24. The summed E-state index contributed by atoms with van der Waals surface area (Å²) in [5, 5.41) is 12.8. The summed E-state index contributed by atoms with van der Waals surface area (Å²) in [6.07, 6.45) is 0. The predicted molar refractivity (Wildman–Crippen MR) is 150 cm³/mol. The lowest BCUT2D eigenvalue weighted by Crippen LogP contribution is -2.01. The van der Waals surface area contributed by atoms with Crippen LogP contribution < -0.4 is 4.74 Å². The molecule has 3 aromatic carbocycles. The number of benzene rings is 3. The number of hydrogen-bond donors (Lipinski definition) is 0. The van der Waals surface area contributed by atoms with Crippen molar-refractivity contribution in [2.45, 2.75) is 13.8 Å². The second-order valence-corrected chi connectivity index (χ2v) is 9.30. The number of methoxy groups -OCH3 is 1. The lowest BCUT2D eigenvalue weighted by atomic mass is 10.0. The van der Waals surface area contributed by atoms with Gasteiger partial charge in [-0.15, -0.1) is 0 Å². The summed E-state index contributed by atoms with van der Waals surface area (Å²) in [7, 11) is 1.67. The number of fused-ring (bicyclic) bond motifs is 3. The molecule has 184 valence electrons. The number of rotatable bonds is 4. The lowest BCUT2D eigenvalue weighted by molar-refractivity contribution is 0.415. The Morgan fingerprint density at radius 2 is 1.21 bits per heavy atom. The molecule has 7 aromatic rings. The highest BCUT2D eigenvalue weighted by Gasteiger charge is 2.24. The monoisotopic (exact) mass is 496 g/mol. The maximum atomic E-state index is 5.42. The van der Waals surface area contributed by atoms with Crippen LogP contribution in [0.5, 0.6) is 5.75 Å². The maximum absolute atomic E-state index is 5.42. The highest BCUT2D eigenvalue weighted by atomic mass is 16.5. The van der Waals surface area contributed by atoms with Gasteiger partial charge in [0.1, 0.15) is 5.75 Å². The largest absolute Gasteiger partial charge is 0.497 e. The molecule has 0 spiro atoms. The van der Waals surface area contributed by atoms with E-state index in [1.807, 2.05) is 102 Å². The Labute approximate surface area is 219 Å². The summed E-state index contributed by atoms with van der Waals surface area (Å²) in [6, 6.07) is 30.3. The first-order valence-electron chi connectivity index (χ1n) is 12.5. The molecule has 7 heteroatoms. The van der Waals surface area contributed by atoms with Crippen LogP contribution in [0.2, 0.25) is 0 Å². The molecule has 0 fully saturated rings. The minimum atomic E-state index is 0.768. The minimum Gasteiger partial charge on any atom is -0.497 e. The van der Waals surface area contributed by atoms with Crippen LogP contribution in [0.25, 0.3) is 55.6 Å². The molecular weight excluding hydrogens is 472 g/mol. The molecule has 0 aliphatic carbocycles. The molecule has 4 aromatic heterocycles. The molecular formula is C31H24N6O. The first kappa shape index (κ1) is 22.2. The third-order valence-corrected chi connectivity index (χ3v) is 6.94. The molecule has 4 heterocycles. The van der Waals surface area contributed by atoms with Gasteiger partial charge in [-0.2, -0.15) is 10.2 Å². The summed E-state index contributed by atoms with van der Waals surface area (Å²) in [4.78, 5) is 10.3. The van der Waals surface area contributed by atoms with Crippen molar-refractivity contribution in [1.29, 1.82) is 0 Å². The highest BCUT2D eigenvalue weighted by Crippen LogP contribution is 2.39. The van der Waals surface area contributed by atoms with Crippen LogP contribution in [0.3, 0.4) is 0 Å². The fourth-order valence-electron chi connectivity index (χ4n) is 5.17. The Hall–Kier alpha value is -5.04. The van der Waals surface area contributed by atoms with Crippen LogP contribution in [0.4, 0.5) is 0 Å². The third-order valence-electron chi connectivity index (χ3n) is 6.94. The third kappa shape index (κ3) is 3.36. The van der Waals surface area contributed by atoms with Crippen molar-refractivity contribution in [1.82, 2.24) is 29.5 Å². The van der Waals surface area contributed by atoms with E-state index in [2.05, 4.69) is 12.1 Å². The average Bonchev–Trinajstić information content (AvgIpc) is 3.48. The Morgan fingerprint density at radius 3 is 1.76 bits per heavy atom. The van der Waals surface area contributed by atoms with E-state index in [9.17, 15) is 0 Å². The Morgan fingerprint density at radius 1 is 0.632 bits per heavy atom. The molecule has 7 nitrogen and oxygen atoms in total. The molecule has 0 unspecified atom stereocenters. The van der Waals surface area contributed by atoms with Crippen LogP contribution in [0.15, 0.2) is 91.0 Å². The quantitative estimate of drug-likeness (QED) is 0.275. The van der Waals surface area contributed by atoms with Gasteiger partial charge < -0.3 is 4.74 Å². The van der Waals surface area contributed by atoms with Gasteiger partial charge in [0.15, 0.2) is 11.3 Å². The second-order valence-electron chi connectivity index (χ2n) is 9.30. The smallest absolute Gasteiger partial charge is 0.166 e. The van der Waals surface area contributed by atoms with Gasteiger partial charge >= 0.3 is 0 Å². The average molecular weight is 497 g/mol. The van der Waals surface area contributed by atoms with Crippen LogP contribution >= 0.6 is 0 Å². The van der Waals surface area contributed by atoms with E-state index in [0.717, 1.165) is 72.7 Å². The van der Waals surface area contributed by atoms with Gasteiger partial charge in [-0.05, 0) is 62.4 Å². The number of hydrogen-bond acceptors (Lipinski definition) is 5. The molecule has 0 amide bonds. The number of aryl methyl sites for hydroxylation is 2.